The Bertz CT molecular complexity index is 195. The van der Waals surface area contributed by atoms with E-state index in [0.29, 0.717) is 11.3 Å². The lowest BCUT2D eigenvalue weighted by Crippen LogP contribution is -2.47. The number of hydrogen-bond donors (Lipinski definition) is 0. The summed E-state index contributed by atoms with van der Waals surface area (Å²) >= 11 is 5.10. The third-order valence-corrected chi connectivity index (χ3v) is 3.32. The molecule has 12 heavy (non-hydrogen) atoms. The van der Waals surface area contributed by atoms with Crippen LogP contribution in [0.25, 0.3) is 0 Å². The van der Waals surface area contributed by atoms with Crippen molar-refractivity contribution in [2.45, 2.75) is 31.8 Å². The van der Waals surface area contributed by atoms with Gasteiger partial charge in [-0.1, -0.05) is 6.42 Å². The minimum atomic E-state index is 0.433. The second kappa shape index (κ2) is 3.21. The summed E-state index contributed by atoms with van der Waals surface area (Å²) < 4.78 is 5.66. The SMILES string of the molecule is CN1C[C@@H]2CCCC[C@@H]2OC1=S. The van der Waals surface area contributed by atoms with Crippen LogP contribution in [0.1, 0.15) is 25.7 Å². The fourth-order valence-electron chi connectivity index (χ4n) is 2.18. The highest BCUT2D eigenvalue weighted by molar-refractivity contribution is 7.80. The van der Waals surface area contributed by atoms with Crippen LogP contribution in [0.5, 0.6) is 0 Å². The summed E-state index contributed by atoms with van der Waals surface area (Å²) in [6.07, 6.45) is 5.64. The molecule has 2 atom stereocenters. The summed E-state index contributed by atoms with van der Waals surface area (Å²) in [5, 5.41) is 0.693. The predicted molar refractivity (Wildman–Crippen MR) is 52.1 cm³/mol. The van der Waals surface area contributed by atoms with Crippen LogP contribution in [0.4, 0.5) is 0 Å². The maximum absolute atomic E-state index is 5.66. The first-order valence-electron chi connectivity index (χ1n) is 4.69. The largest absolute Gasteiger partial charge is 0.467 e. The van der Waals surface area contributed by atoms with Crippen LogP contribution in [-0.2, 0) is 4.74 Å². The summed E-state index contributed by atoms with van der Waals surface area (Å²) in [4.78, 5) is 2.06. The fourth-order valence-corrected chi connectivity index (χ4v) is 2.38. The second-order valence-electron chi connectivity index (χ2n) is 3.85. The van der Waals surface area contributed by atoms with Crippen LogP contribution < -0.4 is 0 Å². The summed E-state index contributed by atoms with van der Waals surface area (Å²) in [6, 6.07) is 0. The highest BCUT2D eigenvalue weighted by Crippen LogP contribution is 2.30. The molecule has 0 unspecified atom stereocenters. The van der Waals surface area contributed by atoms with Gasteiger partial charge in [0.1, 0.15) is 6.10 Å². The maximum atomic E-state index is 5.66. The van der Waals surface area contributed by atoms with Gasteiger partial charge in [0.25, 0.3) is 5.17 Å². The zero-order valence-electron chi connectivity index (χ0n) is 7.45. The molecule has 1 heterocycles. The van der Waals surface area contributed by atoms with Gasteiger partial charge in [-0.25, -0.2) is 0 Å². The van der Waals surface area contributed by atoms with E-state index in [1.54, 1.807) is 0 Å². The molecule has 1 aliphatic heterocycles. The molecule has 0 amide bonds. The topological polar surface area (TPSA) is 12.5 Å². The molecule has 0 radical (unpaired) electrons. The van der Waals surface area contributed by atoms with E-state index in [-0.39, 0.29) is 0 Å². The molecular formula is C9H15NOS. The van der Waals surface area contributed by atoms with E-state index in [4.69, 9.17) is 17.0 Å². The summed E-state index contributed by atoms with van der Waals surface area (Å²) in [6.45, 7) is 1.10. The van der Waals surface area contributed by atoms with Crippen LogP contribution in [0, 0.1) is 5.92 Å². The minimum absolute atomic E-state index is 0.433. The predicted octanol–water partition coefficient (Wildman–Crippen LogP) is 1.79. The van der Waals surface area contributed by atoms with Crippen LogP contribution in [-0.4, -0.2) is 29.8 Å². The van der Waals surface area contributed by atoms with Crippen LogP contribution in [0.3, 0.4) is 0 Å². The number of nitrogens with zero attached hydrogens (tertiary/aromatic N) is 1. The normalized spacial score (nSPS) is 35.8. The Balaban J connectivity index is 2.02. The Labute approximate surface area is 78.9 Å². The zero-order valence-corrected chi connectivity index (χ0v) is 8.27. The molecule has 1 saturated carbocycles. The van der Waals surface area contributed by atoms with E-state index < -0.39 is 0 Å². The van der Waals surface area contributed by atoms with Gasteiger partial charge in [0.05, 0.1) is 0 Å². The quantitative estimate of drug-likeness (QED) is 0.534. The molecule has 1 saturated heterocycles. The van der Waals surface area contributed by atoms with Crippen molar-refractivity contribution in [3.8, 4) is 0 Å². The van der Waals surface area contributed by atoms with Gasteiger partial charge in [-0.3, -0.25) is 0 Å². The minimum Gasteiger partial charge on any atom is -0.467 e. The molecule has 0 bridgehead atoms. The first-order chi connectivity index (χ1) is 5.77. The standard InChI is InChI=1S/C9H15NOS/c1-10-6-7-4-2-3-5-8(7)11-9(10)12/h7-8H,2-6H2,1H3/t7-,8-/m0/s1. The average Bonchev–Trinajstić information content (AvgIpc) is 2.07. The van der Waals surface area contributed by atoms with Gasteiger partial charge in [-0.2, -0.15) is 0 Å². The number of rotatable bonds is 0. The van der Waals surface area contributed by atoms with Gasteiger partial charge in [0.15, 0.2) is 0 Å². The van der Waals surface area contributed by atoms with Crippen LogP contribution >= 0.6 is 12.2 Å². The smallest absolute Gasteiger partial charge is 0.259 e. The van der Waals surface area contributed by atoms with Gasteiger partial charge in [0, 0.05) is 19.5 Å². The molecule has 0 aromatic carbocycles. The van der Waals surface area contributed by atoms with Crippen molar-refractivity contribution in [3.63, 3.8) is 0 Å². The van der Waals surface area contributed by atoms with Gasteiger partial charge >= 0.3 is 0 Å². The lowest BCUT2D eigenvalue weighted by molar-refractivity contribution is 0.0251. The van der Waals surface area contributed by atoms with Crippen molar-refractivity contribution >= 4 is 17.4 Å². The van der Waals surface area contributed by atoms with Crippen molar-refractivity contribution in [1.82, 2.24) is 4.90 Å². The zero-order chi connectivity index (χ0) is 8.55. The highest BCUT2D eigenvalue weighted by atomic mass is 32.1. The Morgan fingerprint density at radius 2 is 2.17 bits per heavy atom. The molecule has 2 rings (SSSR count). The maximum Gasteiger partial charge on any atom is 0.259 e. The van der Waals surface area contributed by atoms with E-state index in [0.717, 1.165) is 12.5 Å². The molecule has 2 fully saturated rings. The first-order valence-corrected chi connectivity index (χ1v) is 5.10. The number of ether oxygens (including phenoxy) is 1. The molecule has 68 valence electrons. The Morgan fingerprint density at radius 3 is 3.00 bits per heavy atom. The molecule has 2 aliphatic rings. The van der Waals surface area contributed by atoms with Crippen molar-refractivity contribution < 1.29 is 4.74 Å². The summed E-state index contributed by atoms with van der Waals surface area (Å²) in [7, 11) is 2.02. The molecular weight excluding hydrogens is 170 g/mol. The molecule has 2 nitrogen and oxygen atoms in total. The Hall–Kier alpha value is -0.310. The van der Waals surface area contributed by atoms with E-state index in [2.05, 4.69) is 4.90 Å². The molecule has 3 heteroatoms. The highest BCUT2D eigenvalue weighted by Gasteiger charge is 2.33. The van der Waals surface area contributed by atoms with E-state index in [9.17, 15) is 0 Å². The first kappa shape index (κ1) is 8.30. The van der Waals surface area contributed by atoms with Gasteiger partial charge in [-0.05, 0) is 31.5 Å². The number of thiocarbonyl (C=S) groups is 1. The van der Waals surface area contributed by atoms with Crippen molar-refractivity contribution in [2.75, 3.05) is 13.6 Å². The summed E-state index contributed by atoms with van der Waals surface area (Å²) in [5.41, 5.74) is 0. The molecule has 0 aromatic rings. The van der Waals surface area contributed by atoms with Crippen molar-refractivity contribution in [3.05, 3.63) is 0 Å². The van der Waals surface area contributed by atoms with Crippen LogP contribution in [0.2, 0.25) is 0 Å². The molecule has 0 spiro atoms. The Kier molecular flexibility index (Phi) is 2.22. The van der Waals surface area contributed by atoms with Gasteiger partial charge in [-0.15, -0.1) is 0 Å². The molecule has 0 aromatic heterocycles. The fraction of sp³-hybridized carbons (Fsp3) is 0.889. The monoisotopic (exact) mass is 185 g/mol. The number of fused-ring (bicyclic) bond motifs is 1. The van der Waals surface area contributed by atoms with Gasteiger partial charge in [0.2, 0.25) is 0 Å². The van der Waals surface area contributed by atoms with Gasteiger partial charge < -0.3 is 9.64 Å². The molecule has 0 N–H and O–H groups in total. The van der Waals surface area contributed by atoms with Crippen molar-refractivity contribution in [1.29, 1.82) is 0 Å². The molecule has 1 aliphatic carbocycles. The third kappa shape index (κ3) is 1.42. The number of hydrogen-bond acceptors (Lipinski definition) is 2. The lowest BCUT2D eigenvalue weighted by atomic mass is 9.85. The Morgan fingerprint density at radius 1 is 1.42 bits per heavy atom. The third-order valence-electron chi connectivity index (χ3n) is 2.91. The average molecular weight is 185 g/mol. The summed E-state index contributed by atoms with van der Waals surface area (Å²) in [5.74, 6) is 0.732. The van der Waals surface area contributed by atoms with E-state index in [1.807, 2.05) is 7.05 Å². The van der Waals surface area contributed by atoms with Crippen LogP contribution in [0.15, 0.2) is 0 Å². The van der Waals surface area contributed by atoms with E-state index in [1.165, 1.54) is 25.7 Å². The second-order valence-corrected chi connectivity index (χ2v) is 4.20. The van der Waals surface area contributed by atoms with Crippen molar-refractivity contribution in [2.24, 2.45) is 5.92 Å². The van der Waals surface area contributed by atoms with E-state index >= 15 is 0 Å². The lowest BCUT2D eigenvalue weighted by Gasteiger charge is -2.40.